The number of hydrogen-bond acceptors (Lipinski definition) is 5. The maximum atomic E-state index is 13.0. The van der Waals surface area contributed by atoms with Gasteiger partial charge in [-0.2, -0.15) is 0 Å². The molecule has 2 aromatic rings. The highest BCUT2D eigenvalue weighted by molar-refractivity contribution is 6.01. The van der Waals surface area contributed by atoms with Crippen LogP contribution in [0.5, 0.6) is 0 Å². The van der Waals surface area contributed by atoms with Gasteiger partial charge in [0.05, 0.1) is 6.54 Å². The lowest BCUT2D eigenvalue weighted by atomic mass is 10.1. The number of anilines is 1. The average molecular weight is 348 g/mol. The van der Waals surface area contributed by atoms with Crippen LogP contribution in [0.1, 0.15) is 28.9 Å². The van der Waals surface area contributed by atoms with E-state index in [1.807, 2.05) is 6.92 Å². The number of aromatic nitrogens is 2. The molecular formula is C17H21FN4O3. The van der Waals surface area contributed by atoms with E-state index in [0.717, 1.165) is 14.7 Å². The lowest BCUT2D eigenvalue weighted by Crippen LogP contribution is -2.43. The van der Waals surface area contributed by atoms with Crippen molar-refractivity contribution in [2.24, 2.45) is 14.1 Å². The fraction of sp³-hybridized carbons (Fsp3) is 0.353. The second-order valence-corrected chi connectivity index (χ2v) is 6.03. The summed E-state index contributed by atoms with van der Waals surface area (Å²) in [6, 6.07) is 5.80. The van der Waals surface area contributed by atoms with Crippen LogP contribution in [0.4, 0.5) is 10.2 Å². The Kier molecular flexibility index (Phi) is 5.22. The van der Waals surface area contributed by atoms with Gasteiger partial charge in [-0.05, 0) is 31.7 Å². The quantitative estimate of drug-likeness (QED) is 0.803. The molecule has 25 heavy (non-hydrogen) atoms. The molecule has 134 valence electrons. The Morgan fingerprint density at radius 1 is 1.20 bits per heavy atom. The molecule has 1 unspecified atom stereocenters. The Hall–Kier alpha value is -2.74. The minimum Gasteiger partial charge on any atom is -0.384 e. The highest BCUT2D eigenvalue weighted by Gasteiger charge is 2.23. The summed E-state index contributed by atoms with van der Waals surface area (Å²) in [5, 5.41) is 0. The molecule has 0 radical (unpaired) electrons. The minimum absolute atomic E-state index is 0.0732. The first kappa shape index (κ1) is 18.6. The molecular weight excluding hydrogens is 327 g/mol. The van der Waals surface area contributed by atoms with Gasteiger partial charge < -0.3 is 5.73 Å². The van der Waals surface area contributed by atoms with Gasteiger partial charge in [-0.3, -0.25) is 23.6 Å². The predicted octanol–water partition coefficient (Wildman–Crippen LogP) is 0.681. The Morgan fingerprint density at radius 2 is 1.76 bits per heavy atom. The maximum Gasteiger partial charge on any atom is 0.332 e. The Bertz CT molecular complexity index is 915. The summed E-state index contributed by atoms with van der Waals surface area (Å²) in [4.78, 5) is 38.4. The number of Topliss-reactive ketones (excluding diaryl/α,β-unsaturated/α-hetero) is 1. The summed E-state index contributed by atoms with van der Waals surface area (Å²) < 4.78 is 15.0. The van der Waals surface area contributed by atoms with E-state index in [1.165, 1.54) is 26.2 Å². The van der Waals surface area contributed by atoms with E-state index in [2.05, 4.69) is 0 Å². The van der Waals surface area contributed by atoms with Crippen LogP contribution in [0.15, 0.2) is 33.9 Å². The van der Waals surface area contributed by atoms with Crippen molar-refractivity contribution in [3.8, 4) is 0 Å². The smallest absolute Gasteiger partial charge is 0.332 e. The number of nitrogens with zero attached hydrogens (tertiary/aromatic N) is 3. The number of carbonyl (C=O) groups is 1. The van der Waals surface area contributed by atoms with E-state index in [0.29, 0.717) is 0 Å². The number of nitrogen functional groups attached to an aromatic ring is 1. The van der Waals surface area contributed by atoms with Crippen LogP contribution >= 0.6 is 0 Å². The van der Waals surface area contributed by atoms with Gasteiger partial charge in [-0.25, -0.2) is 9.18 Å². The summed E-state index contributed by atoms with van der Waals surface area (Å²) in [7, 11) is 4.42. The molecule has 8 heteroatoms. The summed E-state index contributed by atoms with van der Waals surface area (Å²) in [5.74, 6) is -0.970. The maximum absolute atomic E-state index is 13.0. The highest BCUT2D eigenvalue weighted by atomic mass is 19.1. The van der Waals surface area contributed by atoms with Gasteiger partial charge >= 0.3 is 5.69 Å². The number of halogens is 1. The first-order valence-corrected chi connectivity index (χ1v) is 7.69. The van der Waals surface area contributed by atoms with E-state index in [-0.39, 0.29) is 29.8 Å². The van der Waals surface area contributed by atoms with Gasteiger partial charge in [0, 0.05) is 20.1 Å². The van der Waals surface area contributed by atoms with Crippen molar-refractivity contribution in [3.63, 3.8) is 0 Å². The molecule has 1 aromatic carbocycles. The molecule has 7 nitrogen and oxygen atoms in total. The van der Waals surface area contributed by atoms with Crippen LogP contribution in [-0.4, -0.2) is 33.4 Å². The van der Waals surface area contributed by atoms with Crippen LogP contribution in [0.3, 0.4) is 0 Å². The molecule has 1 aromatic heterocycles. The molecule has 0 spiro atoms. The number of ketones is 1. The largest absolute Gasteiger partial charge is 0.384 e. The molecule has 0 fully saturated rings. The van der Waals surface area contributed by atoms with Gasteiger partial charge in [-0.15, -0.1) is 0 Å². The van der Waals surface area contributed by atoms with Crippen molar-refractivity contribution in [1.29, 1.82) is 0 Å². The number of nitrogens with two attached hydrogens (primary N) is 1. The Morgan fingerprint density at radius 3 is 2.32 bits per heavy atom. The second-order valence-electron chi connectivity index (χ2n) is 6.03. The standard InChI is InChI=1S/C17H21FN4O3/c1-10(11-5-7-12(18)8-6-11)20(2)9-13(23)14-15(19)21(3)17(25)22(4)16(14)24/h5-8,10H,9,19H2,1-4H3. The first-order chi connectivity index (χ1) is 11.6. The van der Waals surface area contributed by atoms with Gasteiger partial charge in [0.25, 0.3) is 5.56 Å². The molecule has 1 heterocycles. The predicted molar refractivity (Wildman–Crippen MR) is 93.1 cm³/mol. The molecule has 2 rings (SSSR count). The van der Waals surface area contributed by atoms with Crippen molar-refractivity contribution in [2.75, 3.05) is 19.3 Å². The lowest BCUT2D eigenvalue weighted by molar-refractivity contribution is 0.0922. The number of carbonyl (C=O) groups excluding carboxylic acids is 1. The first-order valence-electron chi connectivity index (χ1n) is 7.69. The number of hydrogen-bond donors (Lipinski definition) is 1. The van der Waals surface area contributed by atoms with Crippen LogP contribution in [0.2, 0.25) is 0 Å². The fourth-order valence-corrected chi connectivity index (χ4v) is 2.56. The van der Waals surface area contributed by atoms with Crippen molar-refractivity contribution in [2.45, 2.75) is 13.0 Å². The third-order valence-corrected chi connectivity index (χ3v) is 4.40. The van der Waals surface area contributed by atoms with E-state index >= 15 is 0 Å². The van der Waals surface area contributed by atoms with Crippen LogP contribution in [0.25, 0.3) is 0 Å². The second kappa shape index (κ2) is 7.02. The molecule has 2 N–H and O–H groups in total. The number of benzene rings is 1. The van der Waals surface area contributed by atoms with Crippen LogP contribution in [0, 0.1) is 5.82 Å². The molecule has 0 amide bonds. The summed E-state index contributed by atoms with van der Waals surface area (Å²) in [5.41, 5.74) is 5.12. The Balaban J connectivity index is 2.29. The van der Waals surface area contributed by atoms with Crippen LogP contribution in [-0.2, 0) is 14.1 Å². The molecule has 0 saturated heterocycles. The molecule has 0 saturated carbocycles. The molecule has 0 aliphatic rings. The lowest BCUT2D eigenvalue weighted by Gasteiger charge is -2.24. The van der Waals surface area contributed by atoms with Crippen molar-refractivity contribution < 1.29 is 9.18 Å². The van der Waals surface area contributed by atoms with Crippen molar-refractivity contribution in [1.82, 2.24) is 14.0 Å². The zero-order valence-corrected chi connectivity index (χ0v) is 14.6. The topological polar surface area (TPSA) is 90.3 Å². The number of likely N-dealkylation sites (N-methyl/N-ethyl adjacent to an activating group) is 1. The average Bonchev–Trinajstić information content (AvgIpc) is 2.58. The molecule has 0 aliphatic carbocycles. The van der Waals surface area contributed by atoms with E-state index in [1.54, 1.807) is 24.1 Å². The SMILES string of the molecule is CC(c1ccc(F)cc1)N(C)CC(=O)c1c(N)n(C)c(=O)n(C)c1=O. The summed E-state index contributed by atoms with van der Waals surface area (Å²) in [6.07, 6.45) is 0. The van der Waals surface area contributed by atoms with Gasteiger partial charge in [0.1, 0.15) is 17.2 Å². The third kappa shape index (κ3) is 3.53. The minimum atomic E-state index is -0.714. The monoisotopic (exact) mass is 348 g/mol. The van der Waals surface area contributed by atoms with E-state index in [4.69, 9.17) is 5.73 Å². The van der Waals surface area contributed by atoms with Gasteiger partial charge in [0.15, 0.2) is 5.78 Å². The van der Waals surface area contributed by atoms with Crippen molar-refractivity contribution >= 4 is 11.6 Å². The zero-order chi connectivity index (χ0) is 18.9. The summed E-state index contributed by atoms with van der Waals surface area (Å²) in [6.45, 7) is 1.79. The van der Waals surface area contributed by atoms with Crippen molar-refractivity contribution in [3.05, 3.63) is 62.0 Å². The fourth-order valence-electron chi connectivity index (χ4n) is 2.56. The highest BCUT2D eigenvalue weighted by Crippen LogP contribution is 2.19. The summed E-state index contributed by atoms with van der Waals surface area (Å²) >= 11 is 0. The van der Waals surface area contributed by atoms with E-state index in [9.17, 15) is 18.8 Å². The number of rotatable bonds is 5. The zero-order valence-electron chi connectivity index (χ0n) is 14.6. The van der Waals surface area contributed by atoms with Gasteiger partial charge in [0.2, 0.25) is 0 Å². The van der Waals surface area contributed by atoms with Gasteiger partial charge in [-0.1, -0.05) is 12.1 Å². The third-order valence-electron chi connectivity index (χ3n) is 4.40. The molecule has 0 aliphatic heterocycles. The Labute approximate surface area is 144 Å². The molecule has 0 bridgehead atoms. The van der Waals surface area contributed by atoms with Crippen LogP contribution < -0.4 is 17.0 Å². The van der Waals surface area contributed by atoms with E-state index < -0.39 is 17.0 Å². The molecule has 1 atom stereocenters. The normalized spacial score (nSPS) is 12.4.